The summed E-state index contributed by atoms with van der Waals surface area (Å²) in [4.78, 5) is 13.7. The van der Waals surface area contributed by atoms with Crippen LogP contribution in [-0.2, 0) is 4.79 Å². The van der Waals surface area contributed by atoms with Gasteiger partial charge in [-0.25, -0.2) is 0 Å². The van der Waals surface area contributed by atoms with Gasteiger partial charge < -0.3 is 16.0 Å². The minimum Gasteiger partial charge on any atom is -0.360 e. The van der Waals surface area contributed by atoms with Crippen molar-refractivity contribution in [2.75, 3.05) is 23.8 Å². The van der Waals surface area contributed by atoms with E-state index in [9.17, 15) is 4.79 Å². The molecule has 0 aromatic heterocycles. The first-order chi connectivity index (χ1) is 7.54. The van der Waals surface area contributed by atoms with Crippen LogP contribution in [0.5, 0.6) is 0 Å². The predicted octanol–water partition coefficient (Wildman–Crippen LogP) is 1.02. The van der Waals surface area contributed by atoms with Crippen LogP contribution in [0.3, 0.4) is 0 Å². The number of aryl methyl sites for hydroxylation is 2. The summed E-state index contributed by atoms with van der Waals surface area (Å²) in [5.41, 5.74) is 9.88. The van der Waals surface area contributed by atoms with Gasteiger partial charge in [0.1, 0.15) is 6.04 Å². The van der Waals surface area contributed by atoms with E-state index in [0.717, 1.165) is 22.5 Å². The number of hydrogen-bond acceptors (Lipinski definition) is 3. The number of nitrogens with zero attached hydrogens (tertiary/aromatic N) is 1. The molecular formula is C12H17N3O. The van der Waals surface area contributed by atoms with Crippen LogP contribution in [0.15, 0.2) is 12.1 Å². The zero-order valence-corrected chi connectivity index (χ0v) is 9.87. The molecule has 86 valence electrons. The fraction of sp³-hybridized carbons (Fsp3) is 0.417. The maximum atomic E-state index is 11.8. The van der Waals surface area contributed by atoms with E-state index < -0.39 is 0 Å². The predicted molar refractivity (Wildman–Crippen MR) is 65.8 cm³/mol. The number of nitrogens with two attached hydrogens (primary N) is 1. The minimum atomic E-state index is -0.270. The Morgan fingerprint density at radius 2 is 2.12 bits per heavy atom. The summed E-state index contributed by atoms with van der Waals surface area (Å²) in [6.45, 7) is 4.40. The monoisotopic (exact) mass is 219 g/mol. The molecule has 0 radical (unpaired) electrons. The molecule has 16 heavy (non-hydrogen) atoms. The summed E-state index contributed by atoms with van der Waals surface area (Å²) in [5, 5.41) is 2.91. The summed E-state index contributed by atoms with van der Waals surface area (Å²) in [6.07, 6.45) is 0. The average molecular weight is 219 g/mol. The van der Waals surface area contributed by atoms with Crippen LogP contribution in [0.25, 0.3) is 0 Å². The highest BCUT2D eigenvalue weighted by Crippen LogP contribution is 2.34. The van der Waals surface area contributed by atoms with Gasteiger partial charge in [0.05, 0.1) is 11.4 Å². The van der Waals surface area contributed by atoms with E-state index in [0.29, 0.717) is 6.54 Å². The van der Waals surface area contributed by atoms with Crippen molar-refractivity contribution >= 4 is 17.3 Å². The van der Waals surface area contributed by atoms with Crippen molar-refractivity contribution in [1.29, 1.82) is 0 Å². The lowest BCUT2D eigenvalue weighted by Gasteiger charge is -2.36. The van der Waals surface area contributed by atoms with E-state index in [1.54, 1.807) is 0 Å². The van der Waals surface area contributed by atoms with Crippen molar-refractivity contribution in [2.24, 2.45) is 5.73 Å². The van der Waals surface area contributed by atoms with Crippen LogP contribution >= 0.6 is 0 Å². The van der Waals surface area contributed by atoms with E-state index in [1.165, 1.54) is 0 Å². The molecular weight excluding hydrogens is 202 g/mol. The Balaban J connectivity index is 2.55. The highest BCUT2D eigenvalue weighted by atomic mass is 16.2. The number of carbonyl (C=O) groups excluding carboxylic acids is 1. The molecule has 0 saturated heterocycles. The lowest BCUT2D eigenvalue weighted by Crippen LogP contribution is -2.50. The number of fused-ring (bicyclic) bond motifs is 1. The highest BCUT2D eigenvalue weighted by Gasteiger charge is 2.30. The minimum absolute atomic E-state index is 0.0255. The molecule has 4 heteroatoms. The second-order valence-electron chi connectivity index (χ2n) is 4.33. The van der Waals surface area contributed by atoms with Crippen molar-refractivity contribution in [3.8, 4) is 0 Å². The van der Waals surface area contributed by atoms with Crippen LogP contribution in [0.1, 0.15) is 11.1 Å². The van der Waals surface area contributed by atoms with E-state index >= 15 is 0 Å². The average Bonchev–Trinajstić information content (AvgIpc) is 2.15. The molecule has 0 bridgehead atoms. The van der Waals surface area contributed by atoms with Crippen molar-refractivity contribution in [1.82, 2.24) is 0 Å². The van der Waals surface area contributed by atoms with Gasteiger partial charge in [0.2, 0.25) is 5.91 Å². The third-order valence-corrected chi connectivity index (χ3v) is 3.05. The zero-order valence-electron chi connectivity index (χ0n) is 9.87. The molecule has 4 nitrogen and oxygen atoms in total. The highest BCUT2D eigenvalue weighted by molar-refractivity contribution is 6.04. The number of rotatable bonds is 1. The van der Waals surface area contributed by atoms with E-state index in [2.05, 4.69) is 11.4 Å². The number of amides is 1. The Kier molecular flexibility index (Phi) is 2.59. The van der Waals surface area contributed by atoms with Crippen LogP contribution in [0.2, 0.25) is 0 Å². The number of carbonyl (C=O) groups is 1. The molecule has 0 saturated carbocycles. The molecule has 0 aliphatic carbocycles. The number of nitrogens with one attached hydrogen (secondary N) is 1. The normalized spacial score (nSPS) is 19.4. The second-order valence-corrected chi connectivity index (χ2v) is 4.33. The smallest absolute Gasteiger partial charge is 0.248 e. The Hall–Kier alpha value is -1.55. The Morgan fingerprint density at radius 3 is 2.75 bits per heavy atom. The first-order valence-corrected chi connectivity index (χ1v) is 5.39. The van der Waals surface area contributed by atoms with Crippen molar-refractivity contribution in [3.63, 3.8) is 0 Å². The van der Waals surface area contributed by atoms with Gasteiger partial charge >= 0.3 is 0 Å². The summed E-state index contributed by atoms with van der Waals surface area (Å²) in [7, 11) is 1.91. The molecule has 1 aliphatic heterocycles. The molecule has 1 aliphatic rings. The van der Waals surface area contributed by atoms with Gasteiger partial charge in [0.15, 0.2) is 0 Å². The van der Waals surface area contributed by atoms with Crippen molar-refractivity contribution in [3.05, 3.63) is 23.3 Å². The maximum Gasteiger partial charge on any atom is 0.248 e. The van der Waals surface area contributed by atoms with Gasteiger partial charge in [-0.2, -0.15) is 0 Å². The molecule has 1 amide bonds. The summed E-state index contributed by atoms with van der Waals surface area (Å²) in [5.74, 6) is -0.0255. The summed E-state index contributed by atoms with van der Waals surface area (Å²) >= 11 is 0. The van der Waals surface area contributed by atoms with E-state index in [4.69, 9.17) is 5.73 Å². The molecule has 0 spiro atoms. The van der Waals surface area contributed by atoms with Crippen LogP contribution in [0, 0.1) is 13.8 Å². The van der Waals surface area contributed by atoms with Gasteiger partial charge in [0.25, 0.3) is 0 Å². The zero-order chi connectivity index (χ0) is 11.9. The maximum absolute atomic E-state index is 11.8. The van der Waals surface area contributed by atoms with Crippen LogP contribution in [0.4, 0.5) is 11.4 Å². The first-order valence-electron chi connectivity index (χ1n) is 5.39. The van der Waals surface area contributed by atoms with Gasteiger partial charge in [-0.3, -0.25) is 4.79 Å². The van der Waals surface area contributed by atoms with Crippen molar-refractivity contribution in [2.45, 2.75) is 19.9 Å². The lowest BCUT2D eigenvalue weighted by molar-refractivity contribution is -0.117. The third kappa shape index (κ3) is 1.55. The van der Waals surface area contributed by atoms with Crippen molar-refractivity contribution < 1.29 is 4.79 Å². The Labute approximate surface area is 95.4 Å². The number of likely N-dealkylation sites (N-methyl/N-ethyl adjacent to an activating group) is 1. The largest absolute Gasteiger partial charge is 0.360 e. The molecule has 1 aromatic rings. The van der Waals surface area contributed by atoms with Crippen LogP contribution in [-0.4, -0.2) is 25.5 Å². The Morgan fingerprint density at radius 1 is 1.44 bits per heavy atom. The summed E-state index contributed by atoms with van der Waals surface area (Å²) < 4.78 is 0. The Bertz CT molecular complexity index is 442. The quantitative estimate of drug-likeness (QED) is 0.741. The molecule has 2 rings (SSSR count). The van der Waals surface area contributed by atoms with E-state index in [-0.39, 0.29) is 11.9 Å². The van der Waals surface area contributed by atoms with Gasteiger partial charge in [0, 0.05) is 13.6 Å². The SMILES string of the molecule is Cc1cc(C)c2c(c1)NC(=O)C(CN)N2C. The van der Waals surface area contributed by atoms with Crippen LogP contribution < -0.4 is 16.0 Å². The molecule has 1 atom stereocenters. The van der Waals surface area contributed by atoms with Gasteiger partial charge in [-0.05, 0) is 31.0 Å². The summed E-state index contributed by atoms with van der Waals surface area (Å²) in [6, 6.07) is 3.83. The second kappa shape index (κ2) is 3.79. The number of hydrogen-bond donors (Lipinski definition) is 2. The molecule has 0 fully saturated rings. The molecule has 1 aromatic carbocycles. The molecule has 1 heterocycles. The molecule has 1 unspecified atom stereocenters. The third-order valence-electron chi connectivity index (χ3n) is 3.05. The number of benzene rings is 1. The molecule has 3 N–H and O–H groups in total. The van der Waals surface area contributed by atoms with Gasteiger partial charge in [-0.15, -0.1) is 0 Å². The fourth-order valence-corrected chi connectivity index (χ4v) is 2.34. The fourth-order valence-electron chi connectivity index (χ4n) is 2.34. The van der Waals surface area contributed by atoms with Gasteiger partial charge in [-0.1, -0.05) is 6.07 Å². The standard InChI is InChI=1S/C12H17N3O/c1-7-4-8(2)11-9(5-7)14-12(16)10(6-13)15(11)3/h4-5,10H,6,13H2,1-3H3,(H,14,16). The van der Waals surface area contributed by atoms with E-state index in [1.807, 2.05) is 31.9 Å². The first kappa shape index (κ1) is 11.0. The number of anilines is 2. The topological polar surface area (TPSA) is 58.4 Å². The lowest BCUT2D eigenvalue weighted by atomic mass is 10.0.